The van der Waals surface area contributed by atoms with Gasteiger partial charge in [-0.2, -0.15) is 0 Å². The van der Waals surface area contributed by atoms with Crippen molar-refractivity contribution in [3.8, 4) is 5.75 Å². The monoisotopic (exact) mass is 215 g/mol. The Bertz CT molecular complexity index is 389. The van der Waals surface area contributed by atoms with Gasteiger partial charge in [0.05, 0.1) is 13.7 Å². The van der Waals surface area contributed by atoms with Gasteiger partial charge in [0.2, 0.25) is 6.08 Å². The zero-order valence-corrected chi connectivity index (χ0v) is 8.14. The van der Waals surface area contributed by atoms with Crippen molar-refractivity contribution in [3.05, 3.63) is 28.5 Å². The van der Waals surface area contributed by atoms with E-state index in [0.29, 0.717) is 0 Å². The van der Waals surface area contributed by atoms with Crippen molar-refractivity contribution in [2.75, 3.05) is 7.11 Å². The van der Waals surface area contributed by atoms with Crippen molar-refractivity contribution < 1.29 is 13.9 Å². The van der Waals surface area contributed by atoms with Crippen molar-refractivity contribution in [1.82, 2.24) is 0 Å². The lowest BCUT2D eigenvalue weighted by molar-refractivity contribution is 0.411. The average molecular weight is 216 g/mol. The Balaban J connectivity index is 3.10. The molecule has 0 aliphatic rings. The molecule has 0 aliphatic carbocycles. The van der Waals surface area contributed by atoms with Crippen LogP contribution in [0.2, 0.25) is 5.02 Å². The second kappa shape index (κ2) is 4.74. The largest absolute Gasteiger partial charge is 0.495 e. The summed E-state index contributed by atoms with van der Waals surface area (Å²) < 4.78 is 18.2. The van der Waals surface area contributed by atoms with Crippen LogP contribution in [-0.2, 0) is 11.3 Å². The molecular formula is C9H7ClFNO2. The molecule has 0 unspecified atom stereocenters. The second-order valence-electron chi connectivity index (χ2n) is 2.46. The molecule has 1 aromatic carbocycles. The number of hydrogen-bond donors (Lipinski definition) is 0. The first-order valence-corrected chi connectivity index (χ1v) is 4.13. The lowest BCUT2D eigenvalue weighted by atomic mass is 10.2. The molecule has 74 valence electrons. The normalized spacial score (nSPS) is 9.36. The van der Waals surface area contributed by atoms with E-state index in [9.17, 15) is 9.18 Å². The molecule has 1 aromatic rings. The van der Waals surface area contributed by atoms with Crippen LogP contribution < -0.4 is 4.74 Å². The highest BCUT2D eigenvalue weighted by Gasteiger charge is 2.11. The number of rotatable bonds is 3. The molecule has 0 bridgehead atoms. The van der Waals surface area contributed by atoms with Gasteiger partial charge in [-0.15, -0.1) is 0 Å². The molecule has 3 nitrogen and oxygen atoms in total. The lowest BCUT2D eigenvalue weighted by Crippen LogP contribution is -1.93. The van der Waals surface area contributed by atoms with E-state index < -0.39 is 5.82 Å². The fourth-order valence-electron chi connectivity index (χ4n) is 0.969. The van der Waals surface area contributed by atoms with Crippen LogP contribution in [0.25, 0.3) is 0 Å². The van der Waals surface area contributed by atoms with E-state index in [1.165, 1.54) is 25.3 Å². The molecule has 1 rings (SSSR count). The summed E-state index contributed by atoms with van der Waals surface area (Å²) in [4.78, 5) is 13.1. The Morgan fingerprint density at radius 1 is 1.64 bits per heavy atom. The highest BCUT2D eigenvalue weighted by molar-refractivity contribution is 6.32. The number of carbonyl (C=O) groups excluding carboxylic acids is 1. The lowest BCUT2D eigenvalue weighted by Gasteiger charge is -2.05. The number of halogens is 2. The minimum atomic E-state index is -0.620. The zero-order valence-electron chi connectivity index (χ0n) is 7.38. The number of ether oxygens (including phenoxy) is 1. The summed E-state index contributed by atoms with van der Waals surface area (Å²) in [7, 11) is 1.39. The van der Waals surface area contributed by atoms with Crippen LogP contribution >= 0.6 is 11.6 Å². The molecule has 5 heteroatoms. The molecule has 0 amide bonds. The summed E-state index contributed by atoms with van der Waals surface area (Å²) in [5, 5.41) is -0.105. The molecule has 0 N–H and O–H groups in total. The molecule has 0 spiro atoms. The fraction of sp³-hybridized carbons (Fsp3) is 0.222. The van der Waals surface area contributed by atoms with Gasteiger partial charge in [0, 0.05) is 5.56 Å². The minimum Gasteiger partial charge on any atom is -0.495 e. The van der Waals surface area contributed by atoms with Crippen LogP contribution in [0.1, 0.15) is 5.56 Å². The molecule has 0 saturated carbocycles. The van der Waals surface area contributed by atoms with Gasteiger partial charge in [-0.1, -0.05) is 17.7 Å². The van der Waals surface area contributed by atoms with Crippen LogP contribution in [0.5, 0.6) is 5.75 Å². The van der Waals surface area contributed by atoms with Gasteiger partial charge in [0.1, 0.15) is 10.8 Å². The smallest absolute Gasteiger partial charge is 0.235 e. The maximum atomic E-state index is 13.4. The number of benzene rings is 1. The van der Waals surface area contributed by atoms with Crippen LogP contribution in [0.15, 0.2) is 17.1 Å². The Hall–Kier alpha value is -1.38. The maximum Gasteiger partial charge on any atom is 0.235 e. The fourth-order valence-corrected chi connectivity index (χ4v) is 1.23. The molecule has 0 atom stereocenters. The number of aliphatic imine (C=N–C) groups is 1. The summed E-state index contributed by atoms with van der Waals surface area (Å²) >= 11 is 5.64. The molecular weight excluding hydrogens is 209 g/mol. The third kappa shape index (κ3) is 2.10. The van der Waals surface area contributed by atoms with Crippen molar-refractivity contribution in [2.24, 2.45) is 4.99 Å². The van der Waals surface area contributed by atoms with Gasteiger partial charge in [0.15, 0.2) is 5.82 Å². The van der Waals surface area contributed by atoms with E-state index in [4.69, 9.17) is 16.3 Å². The molecule has 14 heavy (non-hydrogen) atoms. The average Bonchev–Trinajstić information content (AvgIpc) is 2.20. The van der Waals surface area contributed by atoms with Gasteiger partial charge in [-0.3, -0.25) is 0 Å². The standard InChI is InChI=1S/C9H7ClFNO2/c1-14-7-3-2-6(4-12-5-13)9(11)8(7)10/h2-3H,4H2,1H3. The first-order valence-electron chi connectivity index (χ1n) is 3.75. The summed E-state index contributed by atoms with van der Waals surface area (Å²) in [5.74, 6) is -0.368. The van der Waals surface area contributed by atoms with Gasteiger partial charge in [-0.05, 0) is 6.07 Å². The quantitative estimate of drug-likeness (QED) is 0.573. The second-order valence-corrected chi connectivity index (χ2v) is 2.84. The first-order chi connectivity index (χ1) is 6.70. The predicted molar refractivity (Wildman–Crippen MR) is 49.8 cm³/mol. The summed E-state index contributed by atoms with van der Waals surface area (Å²) in [6, 6.07) is 2.97. The van der Waals surface area contributed by atoms with Gasteiger partial charge >= 0.3 is 0 Å². The van der Waals surface area contributed by atoms with Gasteiger partial charge in [-0.25, -0.2) is 14.2 Å². The van der Waals surface area contributed by atoms with Crippen LogP contribution in [-0.4, -0.2) is 13.2 Å². The number of methoxy groups -OCH3 is 1. The first kappa shape index (κ1) is 10.7. The van der Waals surface area contributed by atoms with E-state index in [2.05, 4.69) is 4.99 Å². The molecule has 0 heterocycles. The molecule has 0 saturated heterocycles. The van der Waals surface area contributed by atoms with Crippen LogP contribution in [0.4, 0.5) is 4.39 Å². The van der Waals surface area contributed by atoms with Crippen molar-refractivity contribution in [3.63, 3.8) is 0 Å². The Morgan fingerprint density at radius 2 is 2.36 bits per heavy atom. The number of isocyanates is 1. The van der Waals surface area contributed by atoms with E-state index in [1.54, 1.807) is 0 Å². The highest BCUT2D eigenvalue weighted by atomic mass is 35.5. The summed E-state index contributed by atoms with van der Waals surface area (Å²) in [5.41, 5.74) is 0.235. The van der Waals surface area contributed by atoms with Gasteiger partial charge < -0.3 is 4.74 Å². The van der Waals surface area contributed by atoms with Crippen molar-refractivity contribution in [1.29, 1.82) is 0 Å². The topological polar surface area (TPSA) is 38.7 Å². The predicted octanol–water partition coefficient (Wildman–Crippen LogP) is 2.32. The SMILES string of the molecule is COc1ccc(CN=C=O)c(F)c1Cl. The van der Waals surface area contributed by atoms with Crippen LogP contribution in [0, 0.1) is 5.82 Å². The Kier molecular flexibility index (Phi) is 3.63. The highest BCUT2D eigenvalue weighted by Crippen LogP contribution is 2.29. The Morgan fingerprint density at radius 3 is 2.93 bits per heavy atom. The molecule has 0 aromatic heterocycles. The third-order valence-corrected chi connectivity index (χ3v) is 2.01. The summed E-state index contributed by atoms with van der Waals surface area (Å²) in [6.45, 7) is -0.0704. The van der Waals surface area contributed by atoms with Gasteiger partial charge in [0.25, 0.3) is 0 Å². The van der Waals surface area contributed by atoms with Crippen LogP contribution in [0.3, 0.4) is 0 Å². The van der Waals surface area contributed by atoms with E-state index >= 15 is 0 Å². The van der Waals surface area contributed by atoms with E-state index in [1.807, 2.05) is 0 Å². The Labute approximate surface area is 85.2 Å². The molecule has 0 aliphatic heterocycles. The van der Waals surface area contributed by atoms with E-state index in [-0.39, 0.29) is 22.9 Å². The molecule has 0 fully saturated rings. The van der Waals surface area contributed by atoms with E-state index in [0.717, 1.165) is 0 Å². The minimum absolute atomic E-state index is 0.0704. The maximum absolute atomic E-state index is 13.4. The van der Waals surface area contributed by atoms with Crippen molar-refractivity contribution in [2.45, 2.75) is 6.54 Å². The molecule has 0 radical (unpaired) electrons. The van der Waals surface area contributed by atoms with Crippen molar-refractivity contribution >= 4 is 17.7 Å². The number of hydrogen-bond acceptors (Lipinski definition) is 3. The number of nitrogens with zero attached hydrogens (tertiary/aromatic N) is 1. The summed E-state index contributed by atoms with van der Waals surface area (Å²) in [6.07, 6.45) is 1.33. The zero-order chi connectivity index (χ0) is 10.6. The third-order valence-electron chi connectivity index (χ3n) is 1.66.